The van der Waals surface area contributed by atoms with E-state index in [1.807, 2.05) is 21.1 Å². The van der Waals surface area contributed by atoms with Gasteiger partial charge in [0.2, 0.25) is 0 Å². The van der Waals surface area contributed by atoms with E-state index in [2.05, 4.69) is 11.7 Å². The number of nitrogens with zero attached hydrogens (tertiary/aromatic N) is 1. The summed E-state index contributed by atoms with van der Waals surface area (Å²) < 4.78 is 32.3. The Morgan fingerprint density at radius 2 is 1.32 bits per heavy atom. The molecule has 0 heterocycles. The van der Waals surface area contributed by atoms with Crippen molar-refractivity contribution in [2.24, 2.45) is 0 Å². The molecule has 0 bridgehead atoms. The number of quaternary nitrogens is 1. The van der Waals surface area contributed by atoms with Gasteiger partial charge < -0.3 is 27.9 Å². The number of carbonyl (C=O) groups excluding carboxylic acids is 1. The Bertz CT molecular complexity index is 540. The molecule has 0 aromatic heterocycles. The molecule has 0 aliphatic heterocycles. The molecule has 8 nitrogen and oxygen atoms in total. The van der Waals surface area contributed by atoms with Crippen molar-refractivity contribution in [3.63, 3.8) is 0 Å². The topological polar surface area (TPSA) is 94.1 Å². The zero-order chi connectivity index (χ0) is 25.7. The van der Waals surface area contributed by atoms with Crippen LogP contribution < -0.4 is 4.89 Å². The fourth-order valence-corrected chi connectivity index (χ4v) is 4.49. The molecule has 0 fully saturated rings. The Kier molecular flexibility index (Phi) is 20.1. The van der Waals surface area contributed by atoms with Crippen LogP contribution in [0.15, 0.2) is 0 Å². The van der Waals surface area contributed by atoms with Crippen LogP contribution in [0.2, 0.25) is 0 Å². The lowest BCUT2D eigenvalue weighted by Gasteiger charge is -2.30. The summed E-state index contributed by atoms with van der Waals surface area (Å²) in [6, 6.07) is 0. The van der Waals surface area contributed by atoms with Crippen molar-refractivity contribution in [1.29, 1.82) is 0 Å². The minimum Gasteiger partial charge on any atom is -0.756 e. The first-order valence-electron chi connectivity index (χ1n) is 13.2. The number of phosphoric ester groups is 1. The summed E-state index contributed by atoms with van der Waals surface area (Å²) in [5.41, 5.74) is 0. The Morgan fingerprint density at radius 1 is 0.853 bits per heavy atom. The zero-order valence-corrected chi connectivity index (χ0v) is 23.5. The van der Waals surface area contributed by atoms with Gasteiger partial charge >= 0.3 is 6.16 Å². The Hall–Kier alpha value is -0.660. The summed E-state index contributed by atoms with van der Waals surface area (Å²) in [7, 11) is 2.56. The highest BCUT2D eigenvalue weighted by atomic mass is 31.2. The summed E-state index contributed by atoms with van der Waals surface area (Å²) in [6.45, 7) is 2.63. The van der Waals surface area contributed by atoms with Gasteiger partial charge in [-0.3, -0.25) is 4.57 Å². The third kappa shape index (κ3) is 23.1. The largest absolute Gasteiger partial charge is 0.756 e. The molecule has 2 atom stereocenters. The molecule has 0 saturated carbocycles. The van der Waals surface area contributed by atoms with Crippen molar-refractivity contribution in [3.8, 4) is 0 Å². The van der Waals surface area contributed by atoms with Crippen LogP contribution in [0.25, 0.3) is 0 Å². The predicted molar refractivity (Wildman–Crippen MR) is 135 cm³/mol. The van der Waals surface area contributed by atoms with Crippen molar-refractivity contribution < 1.29 is 37.3 Å². The first-order valence-corrected chi connectivity index (χ1v) is 14.7. The van der Waals surface area contributed by atoms with E-state index in [-0.39, 0.29) is 13.2 Å². The van der Waals surface area contributed by atoms with E-state index >= 15 is 0 Å². The maximum Gasteiger partial charge on any atom is 0.508 e. The Morgan fingerprint density at radius 3 is 1.76 bits per heavy atom. The normalized spacial score (nSPS) is 14.5. The molecule has 204 valence electrons. The lowest BCUT2D eigenvalue weighted by molar-refractivity contribution is -0.870. The number of ether oxygens (including phenoxy) is 2. The minimum atomic E-state index is -4.48. The van der Waals surface area contributed by atoms with Crippen LogP contribution >= 0.6 is 7.82 Å². The Balaban J connectivity index is 4.04. The van der Waals surface area contributed by atoms with E-state index in [4.69, 9.17) is 13.8 Å². The standard InChI is InChI=1S/C25H52NO7P/c1-6-7-8-9-10-11-12-13-14-15-16-17-18-19-20-24(23-31-25(27)30-5)33-34(28,29)32-22-21-26(2,3)4/h24H,6-23H2,1-5H3. The summed E-state index contributed by atoms with van der Waals surface area (Å²) in [6.07, 6.45) is 16.3. The lowest BCUT2D eigenvalue weighted by Crippen LogP contribution is -2.37. The predicted octanol–water partition coefficient (Wildman–Crippen LogP) is 6.22. The third-order valence-corrected chi connectivity index (χ3v) is 6.78. The van der Waals surface area contributed by atoms with Crippen molar-refractivity contribution in [1.82, 2.24) is 0 Å². The van der Waals surface area contributed by atoms with Crippen LogP contribution in [-0.2, 0) is 23.1 Å². The van der Waals surface area contributed by atoms with E-state index < -0.39 is 20.1 Å². The maximum absolute atomic E-state index is 12.2. The second-order valence-electron chi connectivity index (χ2n) is 10.2. The number of hydrogen-bond acceptors (Lipinski definition) is 7. The van der Waals surface area contributed by atoms with Gasteiger partial charge in [0.05, 0.1) is 28.3 Å². The average molecular weight is 510 g/mol. The van der Waals surface area contributed by atoms with Crippen LogP contribution in [0.3, 0.4) is 0 Å². The summed E-state index contributed by atoms with van der Waals surface area (Å²) in [5.74, 6) is 0. The molecule has 0 aliphatic carbocycles. The molecule has 9 heteroatoms. The number of hydrogen-bond donors (Lipinski definition) is 0. The second kappa shape index (κ2) is 20.5. The smallest absolute Gasteiger partial charge is 0.508 e. The van der Waals surface area contributed by atoms with Crippen molar-refractivity contribution in [2.75, 3.05) is 48.0 Å². The molecule has 0 radical (unpaired) electrons. The molecule has 2 unspecified atom stereocenters. The highest BCUT2D eigenvalue weighted by molar-refractivity contribution is 7.45. The monoisotopic (exact) mass is 509 g/mol. The number of phosphoric acid groups is 1. The lowest BCUT2D eigenvalue weighted by atomic mass is 10.0. The fraction of sp³-hybridized carbons (Fsp3) is 0.960. The van der Waals surface area contributed by atoms with E-state index in [0.717, 1.165) is 19.3 Å². The zero-order valence-electron chi connectivity index (χ0n) is 22.6. The molecular weight excluding hydrogens is 457 g/mol. The van der Waals surface area contributed by atoms with Gasteiger partial charge in [-0.05, 0) is 6.42 Å². The summed E-state index contributed by atoms with van der Waals surface area (Å²) in [5, 5.41) is 0. The maximum atomic E-state index is 12.2. The molecule has 0 rings (SSSR count). The first-order chi connectivity index (χ1) is 16.1. The van der Waals surface area contributed by atoms with Crippen molar-refractivity contribution >= 4 is 14.0 Å². The molecule has 0 N–H and O–H groups in total. The van der Waals surface area contributed by atoms with Gasteiger partial charge in [0.25, 0.3) is 7.82 Å². The van der Waals surface area contributed by atoms with Gasteiger partial charge in [-0.15, -0.1) is 0 Å². The highest BCUT2D eigenvalue weighted by Crippen LogP contribution is 2.40. The van der Waals surface area contributed by atoms with Gasteiger partial charge in [-0.25, -0.2) is 4.79 Å². The summed E-state index contributed by atoms with van der Waals surface area (Å²) in [4.78, 5) is 23.5. The SMILES string of the molecule is CCCCCCCCCCCCCCCCC(COC(=O)OC)OP(=O)([O-])OCC[N+](C)(C)C. The van der Waals surface area contributed by atoms with E-state index in [9.17, 15) is 14.3 Å². The van der Waals surface area contributed by atoms with Gasteiger partial charge in [-0.2, -0.15) is 0 Å². The van der Waals surface area contributed by atoms with Crippen LogP contribution in [0.5, 0.6) is 0 Å². The number of carbonyl (C=O) groups is 1. The fourth-order valence-electron chi connectivity index (χ4n) is 3.59. The molecule has 0 spiro atoms. The molecule has 0 saturated heterocycles. The molecule has 0 aromatic carbocycles. The van der Waals surface area contributed by atoms with E-state index in [1.54, 1.807) is 0 Å². The van der Waals surface area contributed by atoms with Crippen molar-refractivity contribution in [3.05, 3.63) is 0 Å². The molecule has 0 aromatic rings. The molecule has 34 heavy (non-hydrogen) atoms. The molecule has 0 aliphatic rings. The van der Waals surface area contributed by atoms with Gasteiger partial charge in [0.15, 0.2) is 0 Å². The van der Waals surface area contributed by atoms with Gasteiger partial charge in [-0.1, -0.05) is 96.8 Å². The van der Waals surface area contributed by atoms with Crippen molar-refractivity contribution in [2.45, 2.75) is 109 Å². The quantitative estimate of drug-likeness (QED) is 0.0699. The van der Waals surface area contributed by atoms with Gasteiger partial charge in [0, 0.05) is 0 Å². The summed E-state index contributed by atoms with van der Waals surface area (Å²) >= 11 is 0. The Labute approximate surface area is 208 Å². The number of methoxy groups -OCH3 is 1. The van der Waals surface area contributed by atoms with E-state index in [1.165, 1.54) is 77.7 Å². The van der Waals surface area contributed by atoms with Crippen LogP contribution in [0.1, 0.15) is 103 Å². The highest BCUT2D eigenvalue weighted by Gasteiger charge is 2.21. The van der Waals surface area contributed by atoms with E-state index in [0.29, 0.717) is 17.4 Å². The number of likely N-dealkylation sites (N-methyl/N-ethyl adjacent to an activating group) is 1. The molecular formula is C25H52NO7P. The number of rotatable bonds is 23. The number of unbranched alkanes of at least 4 members (excludes halogenated alkanes) is 13. The van der Waals surface area contributed by atoms with Gasteiger partial charge in [0.1, 0.15) is 25.9 Å². The minimum absolute atomic E-state index is 0.0354. The van der Waals surface area contributed by atoms with Crippen LogP contribution in [0.4, 0.5) is 4.79 Å². The average Bonchev–Trinajstić information content (AvgIpc) is 2.75. The first kappa shape index (κ1) is 33.3. The van der Waals surface area contributed by atoms with Crippen LogP contribution in [0, 0.1) is 0 Å². The second-order valence-corrected chi connectivity index (χ2v) is 11.5. The molecule has 0 amide bonds. The third-order valence-electron chi connectivity index (χ3n) is 5.72. The van der Waals surface area contributed by atoms with Crippen LogP contribution in [-0.4, -0.2) is 64.8 Å².